The largest absolute Gasteiger partial charge is 0.416 e. The van der Waals surface area contributed by atoms with Gasteiger partial charge in [-0.25, -0.2) is 0 Å². The Bertz CT molecular complexity index is 673. The number of H-pyrrole nitrogens is 1. The highest BCUT2D eigenvalue weighted by atomic mass is 35.5. The van der Waals surface area contributed by atoms with Crippen LogP contribution in [0.1, 0.15) is 24.1 Å². The maximum absolute atomic E-state index is 12.7. The molecule has 1 atom stereocenters. The van der Waals surface area contributed by atoms with E-state index in [2.05, 4.69) is 20.8 Å². The molecule has 9 heteroatoms. The molecule has 0 aliphatic rings. The molecule has 0 radical (unpaired) electrons. The average molecular weight is 347 g/mol. The summed E-state index contributed by atoms with van der Waals surface area (Å²) in [6.07, 6.45) is -1.21. The third-order valence-electron chi connectivity index (χ3n) is 3.16. The van der Waals surface area contributed by atoms with Gasteiger partial charge >= 0.3 is 6.18 Å². The lowest BCUT2D eigenvalue weighted by molar-refractivity contribution is -0.137. The van der Waals surface area contributed by atoms with Crippen molar-refractivity contribution < 1.29 is 18.0 Å². The molecule has 1 heterocycles. The number of nitrogens with zero attached hydrogens (tertiary/aromatic N) is 1. The number of carbonyl (C=O) groups excluding carboxylic acids is 1. The molecule has 124 valence electrons. The highest BCUT2D eigenvalue weighted by molar-refractivity contribution is 6.33. The Kier molecular flexibility index (Phi) is 5.27. The Labute approximate surface area is 135 Å². The molecule has 1 unspecified atom stereocenters. The molecule has 0 spiro atoms. The fourth-order valence-electron chi connectivity index (χ4n) is 1.85. The Morgan fingerprint density at radius 1 is 1.43 bits per heavy atom. The first kappa shape index (κ1) is 17.3. The molecule has 1 aromatic carbocycles. The van der Waals surface area contributed by atoms with E-state index in [0.717, 1.165) is 23.8 Å². The van der Waals surface area contributed by atoms with Gasteiger partial charge in [0.05, 0.1) is 29.0 Å². The normalized spacial score (nSPS) is 12.9. The molecule has 0 aliphatic carbocycles. The third-order valence-corrected chi connectivity index (χ3v) is 3.49. The highest BCUT2D eigenvalue weighted by Gasteiger charge is 2.31. The smallest absolute Gasteiger partial charge is 0.324 e. The number of hydrogen-bond acceptors (Lipinski definition) is 3. The zero-order valence-electron chi connectivity index (χ0n) is 12.0. The number of rotatable bonds is 5. The van der Waals surface area contributed by atoms with Crippen molar-refractivity contribution in [2.24, 2.45) is 0 Å². The molecule has 0 fully saturated rings. The number of alkyl halides is 3. The van der Waals surface area contributed by atoms with Crippen LogP contribution in [0.2, 0.25) is 5.02 Å². The number of amides is 1. The SMILES string of the molecule is CC(NCC(=O)Nc1cc(C(F)(F)F)ccc1Cl)c1cn[nH]c1. The molecule has 0 saturated heterocycles. The number of halogens is 4. The number of nitrogens with one attached hydrogen (secondary N) is 3. The minimum Gasteiger partial charge on any atom is -0.324 e. The number of carbonyl (C=O) groups is 1. The molecular weight excluding hydrogens is 333 g/mol. The molecule has 0 bridgehead atoms. The van der Waals surface area contributed by atoms with Gasteiger partial charge in [-0.3, -0.25) is 9.89 Å². The quantitative estimate of drug-likeness (QED) is 0.777. The summed E-state index contributed by atoms with van der Waals surface area (Å²) in [5, 5.41) is 11.8. The summed E-state index contributed by atoms with van der Waals surface area (Å²) in [6.45, 7) is 1.74. The van der Waals surface area contributed by atoms with Crippen LogP contribution in [0.25, 0.3) is 0 Å². The highest BCUT2D eigenvalue weighted by Crippen LogP contribution is 2.33. The van der Waals surface area contributed by atoms with Crippen molar-refractivity contribution in [3.8, 4) is 0 Å². The van der Waals surface area contributed by atoms with E-state index in [0.29, 0.717) is 0 Å². The van der Waals surface area contributed by atoms with Gasteiger partial charge in [-0.1, -0.05) is 11.6 Å². The standard InChI is InChI=1S/C14H14ClF3N4O/c1-8(9-5-20-21-6-9)19-7-13(23)22-12-4-10(14(16,17)18)2-3-11(12)15/h2-6,8,19H,7H2,1H3,(H,20,21)(H,22,23). The van der Waals surface area contributed by atoms with Crippen LogP contribution in [0.4, 0.5) is 18.9 Å². The van der Waals surface area contributed by atoms with Crippen LogP contribution in [-0.4, -0.2) is 22.6 Å². The van der Waals surface area contributed by atoms with Crippen molar-refractivity contribution in [2.75, 3.05) is 11.9 Å². The van der Waals surface area contributed by atoms with E-state index < -0.39 is 17.6 Å². The molecule has 2 aromatic rings. The van der Waals surface area contributed by atoms with Crippen molar-refractivity contribution >= 4 is 23.2 Å². The predicted molar refractivity (Wildman–Crippen MR) is 80.1 cm³/mol. The van der Waals surface area contributed by atoms with E-state index in [1.165, 1.54) is 0 Å². The fraction of sp³-hybridized carbons (Fsp3) is 0.286. The number of benzene rings is 1. The maximum atomic E-state index is 12.7. The molecule has 1 amide bonds. The van der Waals surface area contributed by atoms with E-state index in [1.54, 1.807) is 12.4 Å². The second-order valence-corrected chi connectivity index (χ2v) is 5.28. The van der Waals surface area contributed by atoms with Crippen LogP contribution < -0.4 is 10.6 Å². The topological polar surface area (TPSA) is 69.8 Å². The third kappa shape index (κ3) is 4.70. The second kappa shape index (κ2) is 7.01. The van der Waals surface area contributed by atoms with E-state index in [4.69, 9.17) is 11.6 Å². The number of aromatic amines is 1. The molecule has 23 heavy (non-hydrogen) atoms. The summed E-state index contributed by atoms with van der Waals surface area (Å²) >= 11 is 5.82. The Hall–Kier alpha value is -2.06. The van der Waals surface area contributed by atoms with E-state index in [1.807, 2.05) is 6.92 Å². The van der Waals surface area contributed by atoms with Gasteiger partial charge in [-0.15, -0.1) is 0 Å². The maximum Gasteiger partial charge on any atom is 0.416 e. The Morgan fingerprint density at radius 3 is 2.78 bits per heavy atom. The molecule has 0 saturated carbocycles. The number of aromatic nitrogens is 2. The van der Waals surface area contributed by atoms with Crippen LogP contribution in [0.5, 0.6) is 0 Å². The number of anilines is 1. The monoisotopic (exact) mass is 346 g/mol. The van der Waals surface area contributed by atoms with Crippen molar-refractivity contribution in [3.05, 3.63) is 46.7 Å². The summed E-state index contributed by atoms with van der Waals surface area (Å²) in [5.41, 5.74) is -0.101. The molecular formula is C14H14ClF3N4O. The first-order chi connectivity index (χ1) is 10.8. The van der Waals surface area contributed by atoms with Crippen LogP contribution in [0.3, 0.4) is 0 Å². The van der Waals surface area contributed by atoms with Crippen molar-refractivity contribution in [2.45, 2.75) is 19.1 Å². The lowest BCUT2D eigenvalue weighted by Crippen LogP contribution is -2.30. The zero-order valence-corrected chi connectivity index (χ0v) is 12.8. The molecule has 2 rings (SSSR count). The van der Waals surface area contributed by atoms with Crippen LogP contribution in [0.15, 0.2) is 30.6 Å². The summed E-state index contributed by atoms with van der Waals surface area (Å²) in [6, 6.07) is 2.62. The van der Waals surface area contributed by atoms with Crippen LogP contribution >= 0.6 is 11.6 Å². The molecule has 0 aliphatic heterocycles. The van der Waals surface area contributed by atoms with Gasteiger partial charge in [0.25, 0.3) is 0 Å². The Morgan fingerprint density at radius 2 is 2.17 bits per heavy atom. The van der Waals surface area contributed by atoms with E-state index in [9.17, 15) is 18.0 Å². The van der Waals surface area contributed by atoms with Crippen LogP contribution in [-0.2, 0) is 11.0 Å². The fourth-order valence-corrected chi connectivity index (χ4v) is 2.02. The zero-order chi connectivity index (χ0) is 17.0. The van der Waals surface area contributed by atoms with Crippen molar-refractivity contribution in [3.63, 3.8) is 0 Å². The van der Waals surface area contributed by atoms with Gasteiger partial charge in [0.2, 0.25) is 5.91 Å². The average Bonchev–Trinajstić information content (AvgIpc) is 3.00. The van der Waals surface area contributed by atoms with Gasteiger partial charge in [0, 0.05) is 17.8 Å². The van der Waals surface area contributed by atoms with Gasteiger partial charge < -0.3 is 10.6 Å². The molecule has 1 aromatic heterocycles. The minimum atomic E-state index is -4.50. The van der Waals surface area contributed by atoms with Gasteiger partial charge in [-0.2, -0.15) is 18.3 Å². The van der Waals surface area contributed by atoms with E-state index >= 15 is 0 Å². The summed E-state index contributed by atoms with van der Waals surface area (Å²) in [7, 11) is 0. The first-order valence-electron chi connectivity index (χ1n) is 6.66. The summed E-state index contributed by atoms with van der Waals surface area (Å²) < 4.78 is 38.0. The minimum absolute atomic E-state index is 0.0363. The summed E-state index contributed by atoms with van der Waals surface area (Å²) in [4.78, 5) is 11.9. The number of hydrogen-bond donors (Lipinski definition) is 3. The van der Waals surface area contributed by atoms with Gasteiger partial charge in [0.1, 0.15) is 0 Å². The predicted octanol–water partition coefficient (Wildman–Crippen LogP) is 3.37. The van der Waals surface area contributed by atoms with Crippen molar-refractivity contribution in [1.82, 2.24) is 15.5 Å². The molecule has 3 N–H and O–H groups in total. The van der Waals surface area contributed by atoms with Crippen LogP contribution in [0, 0.1) is 0 Å². The second-order valence-electron chi connectivity index (χ2n) is 4.87. The summed E-state index contributed by atoms with van der Waals surface area (Å²) in [5.74, 6) is -0.499. The lowest BCUT2D eigenvalue weighted by atomic mass is 10.2. The Balaban J connectivity index is 1.97. The van der Waals surface area contributed by atoms with E-state index in [-0.39, 0.29) is 23.3 Å². The van der Waals surface area contributed by atoms with Gasteiger partial charge in [-0.05, 0) is 25.1 Å². The van der Waals surface area contributed by atoms with Gasteiger partial charge in [0.15, 0.2) is 0 Å². The van der Waals surface area contributed by atoms with Crippen molar-refractivity contribution in [1.29, 1.82) is 0 Å². The molecule has 5 nitrogen and oxygen atoms in total. The lowest BCUT2D eigenvalue weighted by Gasteiger charge is -2.14. The first-order valence-corrected chi connectivity index (χ1v) is 7.04.